The minimum Gasteiger partial charge on any atom is -0.496 e. The molecule has 2 heterocycles. The number of para-hydroxylation sites is 2. The first kappa shape index (κ1) is 22.0. The SMILES string of the molecule is COc1cc(C)c(CN2CCCC(N3CCN(c4ccccc4OC)CC3)C2)cc1C. The monoisotopic (exact) mass is 423 g/mol. The summed E-state index contributed by atoms with van der Waals surface area (Å²) in [6, 6.07) is 13.5. The van der Waals surface area contributed by atoms with Gasteiger partial charge in [-0.05, 0) is 68.1 Å². The molecule has 0 saturated carbocycles. The van der Waals surface area contributed by atoms with Crippen molar-refractivity contribution in [3.05, 3.63) is 53.1 Å². The second kappa shape index (κ2) is 9.92. The maximum Gasteiger partial charge on any atom is 0.142 e. The van der Waals surface area contributed by atoms with E-state index in [2.05, 4.69) is 58.9 Å². The normalized spacial score (nSPS) is 20.6. The highest BCUT2D eigenvalue weighted by Crippen LogP contribution is 2.30. The maximum atomic E-state index is 5.58. The van der Waals surface area contributed by atoms with Crippen molar-refractivity contribution in [1.29, 1.82) is 0 Å². The van der Waals surface area contributed by atoms with Crippen LogP contribution in [0.3, 0.4) is 0 Å². The Balaban J connectivity index is 1.35. The van der Waals surface area contributed by atoms with E-state index in [4.69, 9.17) is 9.47 Å². The highest BCUT2D eigenvalue weighted by molar-refractivity contribution is 5.58. The molecule has 31 heavy (non-hydrogen) atoms. The Morgan fingerprint density at radius 2 is 1.61 bits per heavy atom. The Morgan fingerprint density at radius 3 is 2.35 bits per heavy atom. The third-order valence-electron chi connectivity index (χ3n) is 6.98. The van der Waals surface area contributed by atoms with Gasteiger partial charge in [0.15, 0.2) is 0 Å². The number of likely N-dealkylation sites (tertiary alicyclic amines) is 1. The second-order valence-corrected chi connectivity index (χ2v) is 8.97. The molecular weight excluding hydrogens is 386 g/mol. The van der Waals surface area contributed by atoms with Crippen molar-refractivity contribution in [3.8, 4) is 11.5 Å². The van der Waals surface area contributed by atoms with Gasteiger partial charge in [0.25, 0.3) is 0 Å². The Labute approximate surface area is 187 Å². The third-order valence-corrected chi connectivity index (χ3v) is 6.98. The Kier molecular flexibility index (Phi) is 7.03. The topological polar surface area (TPSA) is 28.2 Å². The van der Waals surface area contributed by atoms with Crippen LogP contribution in [0.1, 0.15) is 29.5 Å². The van der Waals surface area contributed by atoms with Gasteiger partial charge in [-0.3, -0.25) is 9.80 Å². The van der Waals surface area contributed by atoms with Crippen LogP contribution in [0.5, 0.6) is 11.5 Å². The number of anilines is 1. The van der Waals surface area contributed by atoms with Gasteiger partial charge in [-0.15, -0.1) is 0 Å². The van der Waals surface area contributed by atoms with Gasteiger partial charge in [0.2, 0.25) is 0 Å². The molecule has 2 aliphatic heterocycles. The number of benzene rings is 2. The molecule has 5 heteroatoms. The zero-order valence-corrected chi connectivity index (χ0v) is 19.6. The molecule has 2 saturated heterocycles. The van der Waals surface area contributed by atoms with Gasteiger partial charge in [0.1, 0.15) is 11.5 Å². The van der Waals surface area contributed by atoms with Crippen LogP contribution < -0.4 is 14.4 Å². The van der Waals surface area contributed by atoms with Gasteiger partial charge in [0.05, 0.1) is 19.9 Å². The van der Waals surface area contributed by atoms with Crippen LogP contribution in [0.15, 0.2) is 36.4 Å². The largest absolute Gasteiger partial charge is 0.496 e. The molecule has 0 aliphatic carbocycles. The smallest absolute Gasteiger partial charge is 0.142 e. The van der Waals surface area contributed by atoms with Crippen LogP contribution in [-0.4, -0.2) is 69.3 Å². The first-order valence-corrected chi connectivity index (χ1v) is 11.6. The zero-order chi connectivity index (χ0) is 21.8. The van der Waals surface area contributed by atoms with Crippen LogP contribution in [0.4, 0.5) is 5.69 Å². The number of hydrogen-bond donors (Lipinski definition) is 0. The molecule has 0 bridgehead atoms. The molecule has 2 aromatic carbocycles. The van der Waals surface area contributed by atoms with Gasteiger partial charge in [-0.25, -0.2) is 0 Å². The van der Waals surface area contributed by atoms with Crippen molar-refractivity contribution in [2.24, 2.45) is 0 Å². The fourth-order valence-corrected chi connectivity index (χ4v) is 5.17. The lowest BCUT2D eigenvalue weighted by molar-refractivity contribution is 0.0886. The predicted octanol–water partition coefficient (Wildman–Crippen LogP) is 4.11. The van der Waals surface area contributed by atoms with Crippen LogP contribution in [0, 0.1) is 13.8 Å². The van der Waals surface area contributed by atoms with Crippen molar-refractivity contribution >= 4 is 5.69 Å². The summed E-state index contributed by atoms with van der Waals surface area (Å²) in [5, 5.41) is 0. The fraction of sp³-hybridized carbons (Fsp3) is 0.538. The van der Waals surface area contributed by atoms with Gasteiger partial charge >= 0.3 is 0 Å². The molecule has 2 aromatic rings. The first-order valence-electron chi connectivity index (χ1n) is 11.6. The van der Waals surface area contributed by atoms with Crippen molar-refractivity contribution in [2.45, 2.75) is 39.3 Å². The summed E-state index contributed by atoms with van der Waals surface area (Å²) in [4.78, 5) is 7.83. The molecule has 2 fully saturated rings. The predicted molar refractivity (Wildman–Crippen MR) is 128 cm³/mol. The van der Waals surface area contributed by atoms with Crippen molar-refractivity contribution in [1.82, 2.24) is 9.80 Å². The highest BCUT2D eigenvalue weighted by Gasteiger charge is 2.29. The number of methoxy groups -OCH3 is 2. The molecule has 4 rings (SSSR count). The quantitative estimate of drug-likeness (QED) is 0.697. The minimum absolute atomic E-state index is 0.660. The second-order valence-electron chi connectivity index (χ2n) is 8.97. The maximum absolute atomic E-state index is 5.58. The van der Waals surface area contributed by atoms with E-state index in [0.717, 1.165) is 44.2 Å². The number of nitrogens with zero attached hydrogens (tertiary/aromatic N) is 3. The number of aryl methyl sites for hydroxylation is 2. The average molecular weight is 424 g/mol. The van der Waals surface area contributed by atoms with E-state index in [1.54, 1.807) is 14.2 Å². The van der Waals surface area contributed by atoms with E-state index in [1.165, 1.54) is 48.3 Å². The molecule has 0 N–H and O–H groups in total. The molecule has 5 nitrogen and oxygen atoms in total. The summed E-state index contributed by atoms with van der Waals surface area (Å²) in [6.07, 6.45) is 2.59. The lowest BCUT2D eigenvalue weighted by atomic mass is 10.00. The van der Waals surface area contributed by atoms with E-state index in [9.17, 15) is 0 Å². The molecular formula is C26H37N3O2. The summed E-state index contributed by atoms with van der Waals surface area (Å²) in [6.45, 7) is 12.1. The third kappa shape index (κ3) is 4.99. The lowest BCUT2D eigenvalue weighted by Gasteiger charge is -2.44. The molecule has 0 aromatic heterocycles. The molecule has 2 aliphatic rings. The first-order chi connectivity index (χ1) is 15.1. The summed E-state index contributed by atoms with van der Waals surface area (Å²) in [5.74, 6) is 1.97. The van der Waals surface area contributed by atoms with E-state index < -0.39 is 0 Å². The Morgan fingerprint density at radius 1 is 0.871 bits per heavy atom. The zero-order valence-electron chi connectivity index (χ0n) is 19.6. The van der Waals surface area contributed by atoms with Crippen molar-refractivity contribution < 1.29 is 9.47 Å². The molecule has 0 spiro atoms. The fourth-order valence-electron chi connectivity index (χ4n) is 5.17. The Hall–Kier alpha value is -2.24. The standard InChI is InChI=1S/C26H37N3O2/c1-20-17-26(31-4)21(2)16-22(20)18-27-11-7-8-23(19-27)28-12-14-29(15-13-28)24-9-5-6-10-25(24)30-3/h5-6,9-10,16-17,23H,7-8,11-15,18-19H2,1-4H3. The summed E-state index contributed by atoms with van der Waals surface area (Å²) >= 11 is 0. The molecule has 0 amide bonds. The van der Waals surface area contributed by atoms with Crippen LogP contribution >= 0.6 is 0 Å². The number of piperazine rings is 1. The number of ether oxygens (including phenoxy) is 2. The minimum atomic E-state index is 0.660. The van der Waals surface area contributed by atoms with E-state index in [0.29, 0.717) is 6.04 Å². The summed E-state index contributed by atoms with van der Waals surface area (Å²) in [7, 11) is 3.52. The number of piperidine rings is 1. The highest BCUT2D eigenvalue weighted by atomic mass is 16.5. The molecule has 168 valence electrons. The average Bonchev–Trinajstić information content (AvgIpc) is 2.81. The van der Waals surface area contributed by atoms with Gasteiger partial charge in [-0.1, -0.05) is 18.2 Å². The van der Waals surface area contributed by atoms with Gasteiger partial charge < -0.3 is 14.4 Å². The van der Waals surface area contributed by atoms with Crippen LogP contribution in [0.25, 0.3) is 0 Å². The number of hydrogen-bond acceptors (Lipinski definition) is 5. The van der Waals surface area contributed by atoms with E-state index >= 15 is 0 Å². The number of rotatable bonds is 6. The summed E-state index contributed by atoms with van der Waals surface area (Å²) in [5.41, 5.74) is 5.21. The molecule has 0 radical (unpaired) electrons. The van der Waals surface area contributed by atoms with E-state index in [1.807, 2.05) is 6.07 Å². The van der Waals surface area contributed by atoms with Crippen LogP contribution in [0.2, 0.25) is 0 Å². The van der Waals surface area contributed by atoms with Crippen LogP contribution in [-0.2, 0) is 6.54 Å². The van der Waals surface area contributed by atoms with Crippen molar-refractivity contribution in [3.63, 3.8) is 0 Å². The van der Waals surface area contributed by atoms with Crippen molar-refractivity contribution in [2.75, 3.05) is 58.4 Å². The Bertz CT molecular complexity index is 877. The molecule has 1 unspecified atom stereocenters. The summed E-state index contributed by atoms with van der Waals surface area (Å²) < 4.78 is 11.1. The van der Waals surface area contributed by atoms with E-state index in [-0.39, 0.29) is 0 Å². The van der Waals surface area contributed by atoms with Gasteiger partial charge in [-0.2, -0.15) is 0 Å². The van der Waals surface area contributed by atoms with Gasteiger partial charge in [0, 0.05) is 45.3 Å². The lowest BCUT2D eigenvalue weighted by Crippen LogP contribution is -2.55. The molecule has 1 atom stereocenters.